The highest BCUT2D eigenvalue weighted by Crippen LogP contribution is 2.27. The second-order valence-electron chi connectivity index (χ2n) is 4.51. The molecular weight excluding hydrogens is 244 g/mol. The number of rotatable bonds is 2. The zero-order chi connectivity index (χ0) is 13.2. The van der Waals surface area contributed by atoms with Gasteiger partial charge in [0.05, 0.1) is 13.2 Å². The van der Waals surface area contributed by atoms with Gasteiger partial charge in [0.15, 0.2) is 0 Å². The van der Waals surface area contributed by atoms with E-state index in [1.807, 2.05) is 30.0 Å². The van der Waals surface area contributed by atoms with E-state index in [-0.39, 0.29) is 0 Å². The Morgan fingerprint density at radius 1 is 1.21 bits per heavy atom. The lowest BCUT2D eigenvalue weighted by molar-refractivity contribution is 0.120. The molecular formula is C13H16N4O2. The second kappa shape index (κ2) is 4.89. The zero-order valence-corrected chi connectivity index (χ0v) is 10.8. The summed E-state index contributed by atoms with van der Waals surface area (Å²) in [6.07, 6.45) is 0. The number of nitrogens with zero attached hydrogens (tertiary/aromatic N) is 3. The molecule has 0 saturated carbocycles. The summed E-state index contributed by atoms with van der Waals surface area (Å²) in [5.74, 6) is 0.506. The number of ether oxygens (including phenoxy) is 1. The molecule has 2 aromatic rings. The lowest BCUT2D eigenvalue weighted by Gasteiger charge is -2.24. The first-order valence-corrected chi connectivity index (χ1v) is 6.27. The highest BCUT2D eigenvalue weighted by atomic mass is 16.5. The summed E-state index contributed by atoms with van der Waals surface area (Å²) in [6.45, 7) is 4.88. The average Bonchev–Trinajstić information content (AvgIpc) is 2.92. The number of nitrogens with two attached hydrogens (primary N) is 1. The molecule has 2 N–H and O–H groups in total. The van der Waals surface area contributed by atoms with Crippen molar-refractivity contribution in [2.75, 3.05) is 36.9 Å². The number of hydrogen-bond donors (Lipinski definition) is 1. The Morgan fingerprint density at radius 2 is 2.00 bits per heavy atom. The summed E-state index contributed by atoms with van der Waals surface area (Å²) in [5, 5.41) is 8.21. The van der Waals surface area contributed by atoms with Crippen molar-refractivity contribution in [3.8, 4) is 11.5 Å². The van der Waals surface area contributed by atoms with Gasteiger partial charge in [0.2, 0.25) is 5.89 Å². The van der Waals surface area contributed by atoms with Crippen LogP contribution in [0.25, 0.3) is 11.5 Å². The highest BCUT2D eigenvalue weighted by molar-refractivity contribution is 5.66. The van der Waals surface area contributed by atoms with Gasteiger partial charge in [-0.25, -0.2) is 0 Å². The third-order valence-corrected chi connectivity index (χ3v) is 3.30. The summed E-state index contributed by atoms with van der Waals surface area (Å²) in [5.41, 5.74) is 8.46. The van der Waals surface area contributed by atoms with Crippen LogP contribution in [0.15, 0.2) is 22.6 Å². The van der Waals surface area contributed by atoms with Crippen molar-refractivity contribution in [1.82, 2.24) is 10.2 Å². The van der Waals surface area contributed by atoms with Crippen LogP contribution in [-0.2, 0) is 4.74 Å². The first-order chi connectivity index (χ1) is 9.25. The van der Waals surface area contributed by atoms with E-state index in [1.54, 1.807) is 0 Å². The Kier molecular flexibility index (Phi) is 3.08. The fraction of sp³-hybridized carbons (Fsp3) is 0.385. The highest BCUT2D eigenvalue weighted by Gasteiger charge is 2.18. The maximum atomic E-state index is 5.89. The molecule has 3 rings (SSSR count). The average molecular weight is 260 g/mol. The van der Waals surface area contributed by atoms with Crippen molar-refractivity contribution < 1.29 is 9.15 Å². The molecule has 1 aromatic heterocycles. The fourth-order valence-corrected chi connectivity index (χ4v) is 2.09. The minimum absolute atomic E-state index is 0.506. The Labute approximate surface area is 111 Å². The summed E-state index contributed by atoms with van der Waals surface area (Å²) in [6, 6.07) is 6.22. The van der Waals surface area contributed by atoms with Crippen molar-refractivity contribution in [2.45, 2.75) is 6.92 Å². The molecule has 100 valence electrons. The van der Waals surface area contributed by atoms with Gasteiger partial charge in [-0.15, -0.1) is 5.10 Å². The van der Waals surface area contributed by atoms with Crippen LogP contribution in [-0.4, -0.2) is 36.5 Å². The van der Waals surface area contributed by atoms with Crippen molar-refractivity contribution >= 4 is 11.7 Å². The maximum absolute atomic E-state index is 5.89. The topological polar surface area (TPSA) is 77.4 Å². The van der Waals surface area contributed by atoms with Crippen LogP contribution in [0.2, 0.25) is 0 Å². The van der Waals surface area contributed by atoms with E-state index < -0.39 is 0 Å². The van der Waals surface area contributed by atoms with Gasteiger partial charge in [0.1, 0.15) is 0 Å². The summed E-state index contributed by atoms with van der Waals surface area (Å²) < 4.78 is 11.0. The molecule has 0 spiro atoms. The molecule has 0 radical (unpaired) electrons. The van der Waals surface area contributed by atoms with Gasteiger partial charge in [-0.1, -0.05) is 11.2 Å². The molecule has 0 aliphatic carbocycles. The first kappa shape index (κ1) is 12.0. The molecule has 0 bridgehead atoms. The van der Waals surface area contributed by atoms with Crippen molar-refractivity contribution in [3.05, 3.63) is 23.8 Å². The maximum Gasteiger partial charge on any atom is 0.318 e. The summed E-state index contributed by atoms with van der Waals surface area (Å²) >= 11 is 0. The number of hydrogen-bond acceptors (Lipinski definition) is 6. The van der Waals surface area contributed by atoms with Crippen LogP contribution in [0.3, 0.4) is 0 Å². The first-order valence-electron chi connectivity index (χ1n) is 6.27. The molecule has 2 heterocycles. The minimum Gasteiger partial charge on any atom is -0.403 e. The number of aromatic nitrogens is 2. The molecule has 0 unspecified atom stereocenters. The number of anilines is 2. The van der Waals surface area contributed by atoms with Crippen LogP contribution in [0.4, 0.5) is 11.7 Å². The largest absolute Gasteiger partial charge is 0.403 e. The number of nitrogen functional groups attached to an aromatic ring is 1. The lowest BCUT2D eigenvalue weighted by Crippen LogP contribution is -2.36. The van der Waals surface area contributed by atoms with Crippen LogP contribution in [0, 0.1) is 6.92 Å². The lowest BCUT2D eigenvalue weighted by atomic mass is 10.1. The van der Waals surface area contributed by atoms with Crippen LogP contribution in [0.5, 0.6) is 0 Å². The van der Waals surface area contributed by atoms with E-state index in [9.17, 15) is 0 Å². The van der Waals surface area contributed by atoms with Crippen LogP contribution >= 0.6 is 0 Å². The van der Waals surface area contributed by atoms with Gasteiger partial charge in [0.25, 0.3) is 0 Å². The van der Waals surface area contributed by atoms with Gasteiger partial charge < -0.3 is 19.8 Å². The molecule has 1 aliphatic rings. The Bertz CT molecular complexity index is 576. The van der Waals surface area contributed by atoms with Gasteiger partial charge >= 0.3 is 6.01 Å². The third kappa shape index (κ3) is 2.26. The molecule has 6 heteroatoms. The summed E-state index contributed by atoms with van der Waals surface area (Å²) in [7, 11) is 0. The van der Waals surface area contributed by atoms with Gasteiger partial charge in [-0.3, -0.25) is 0 Å². The van der Waals surface area contributed by atoms with E-state index in [0.29, 0.717) is 25.1 Å². The smallest absolute Gasteiger partial charge is 0.318 e. The standard InChI is InChI=1S/C13H16N4O2/c1-9-10(3-2-4-11(9)14)12-15-16-13(19-12)17-5-7-18-8-6-17/h2-4H,5-8,14H2,1H3. The van der Waals surface area contributed by atoms with Crippen LogP contribution < -0.4 is 10.6 Å². The monoisotopic (exact) mass is 260 g/mol. The van der Waals surface area contributed by atoms with Gasteiger partial charge in [-0.2, -0.15) is 0 Å². The Hall–Kier alpha value is -2.08. The van der Waals surface area contributed by atoms with Gasteiger partial charge in [0, 0.05) is 24.3 Å². The second-order valence-corrected chi connectivity index (χ2v) is 4.51. The van der Waals surface area contributed by atoms with Crippen molar-refractivity contribution in [2.24, 2.45) is 0 Å². The molecule has 1 fully saturated rings. The molecule has 1 saturated heterocycles. The summed E-state index contributed by atoms with van der Waals surface area (Å²) in [4.78, 5) is 2.03. The fourth-order valence-electron chi connectivity index (χ4n) is 2.09. The van der Waals surface area contributed by atoms with Crippen LogP contribution in [0.1, 0.15) is 5.56 Å². The van der Waals surface area contributed by atoms with E-state index in [1.165, 1.54) is 0 Å². The SMILES string of the molecule is Cc1c(N)cccc1-c1nnc(N2CCOCC2)o1. The minimum atomic E-state index is 0.506. The number of benzene rings is 1. The van der Waals surface area contributed by atoms with E-state index in [4.69, 9.17) is 14.9 Å². The molecule has 19 heavy (non-hydrogen) atoms. The van der Waals surface area contributed by atoms with Gasteiger partial charge in [-0.05, 0) is 24.6 Å². The van der Waals surface area contributed by atoms with Crippen molar-refractivity contribution in [3.63, 3.8) is 0 Å². The Balaban J connectivity index is 1.90. The molecule has 1 aromatic carbocycles. The third-order valence-electron chi connectivity index (χ3n) is 3.30. The normalized spacial score (nSPS) is 15.7. The van der Waals surface area contributed by atoms with E-state index in [0.717, 1.165) is 29.9 Å². The molecule has 6 nitrogen and oxygen atoms in total. The van der Waals surface area contributed by atoms with E-state index >= 15 is 0 Å². The van der Waals surface area contributed by atoms with Crippen molar-refractivity contribution in [1.29, 1.82) is 0 Å². The number of morpholine rings is 1. The molecule has 0 amide bonds. The quantitative estimate of drug-likeness (QED) is 0.824. The predicted molar refractivity (Wildman–Crippen MR) is 71.9 cm³/mol. The van der Waals surface area contributed by atoms with E-state index in [2.05, 4.69) is 10.2 Å². The molecule has 1 aliphatic heterocycles. The zero-order valence-electron chi connectivity index (χ0n) is 10.8. The molecule has 0 atom stereocenters. The Morgan fingerprint density at radius 3 is 2.79 bits per heavy atom. The predicted octanol–water partition coefficient (Wildman–Crippen LogP) is 1.46.